The molecule has 0 aliphatic heterocycles. The summed E-state index contributed by atoms with van der Waals surface area (Å²) in [5, 5.41) is 10.9. The summed E-state index contributed by atoms with van der Waals surface area (Å²) in [6.07, 6.45) is 1.58. The summed E-state index contributed by atoms with van der Waals surface area (Å²) in [6.45, 7) is -0.00305. The van der Waals surface area contributed by atoms with Crippen LogP contribution in [0.3, 0.4) is 0 Å². The van der Waals surface area contributed by atoms with Crippen molar-refractivity contribution in [3.05, 3.63) is 41.7 Å². The molecule has 1 amide bonds. The van der Waals surface area contributed by atoms with E-state index >= 15 is 0 Å². The number of nitrogens with one attached hydrogen (secondary N) is 1. The summed E-state index contributed by atoms with van der Waals surface area (Å²) in [7, 11) is 1.86. The van der Waals surface area contributed by atoms with E-state index < -0.39 is 18.4 Å². The number of amides is 1. The molecule has 1 aromatic carbocycles. The van der Waals surface area contributed by atoms with Gasteiger partial charge in [-0.05, 0) is 24.3 Å². The van der Waals surface area contributed by atoms with Crippen LogP contribution in [0.15, 0.2) is 30.5 Å². The summed E-state index contributed by atoms with van der Waals surface area (Å²) in [5.41, 5.74) is 13.9. The van der Waals surface area contributed by atoms with Crippen molar-refractivity contribution in [3.8, 4) is 0 Å². The van der Waals surface area contributed by atoms with Crippen LogP contribution >= 0.6 is 0 Å². The number of carbonyl (C=O) groups excluding carboxylic acids is 1. The summed E-state index contributed by atoms with van der Waals surface area (Å²) in [5.74, 6) is -1.35. The summed E-state index contributed by atoms with van der Waals surface area (Å²) < 4.78 is 0. The van der Waals surface area contributed by atoms with E-state index in [2.05, 4.69) is 25.3 Å². The van der Waals surface area contributed by atoms with E-state index in [1.807, 2.05) is 11.9 Å². The number of carboxylic acid groups (broad SMARTS) is 1. The smallest absolute Gasteiger partial charge is 0.322 e. The van der Waals surface area contributed by atoms with Crippen molar-refractivity contribution in [2.24, 2.45) is 0 Å². The molecule has 0 unspecified atom stereocenters. The Morgan fingerprint density at radius 2 is 1.86 bits per heavy atom. The van der Waals surface area contributed by atoms with Crippen LogP contribution in [0, 0.1) is 0 Å². The summed E-state index contributed by atoms with van der Waals surface area (Å²) in [6, 6.07) is 6.73. The van der Waals surface area contributed by atoms with Gasteiger partial charge in [-0.25, -0.2) is 9.97 Å². The van der Waals surface area contributed by atoms with Gasteiger partial charge in [0.1, 0.15) is 6.54 Å². The lowest BCUT2D eigenvalue weighted by Gasteiger charge is -2.19. The van der Waals surface area contributed by atoms with Crippen LogP contribution in [-0.4, -0.2) is 50.5 Å². The fraction of sp³-hybridized carbons (Fsp3) is 0.176. The highest BCUT2D eigenvalue weighted by Crippen LogP contribution is 2.18. The molecule has 3 rings (SSSR count). The van der Waals surface area contributed by atoms with Crippen molar-refractivity contribution < 1.29 is 14.7 Å². The largest absolute Gasteiger partial charge is 0.480 e. The molecule has 2 aromatic heterocycles. The Labute approximate surface area is 159 Å². The highest BCUT2D eigenvalue weighted by atomic mass is 16.4. The highest BCUT2D eigenvalue weighted by molar-refractivity contribution is 5.96. The molecule has 0 fully saturated rings. The molecule has 3 aromatic rings. The van der Waals surface area contributed by atoms with Crippen LogP contribution in [0.1, 0.15) is 16.1 Å². The number of aliphatic carboxylic acids is 1. The van der Waals surface area contributed by atoms with Crippen molar-refractivity contribution >= 4 is 40.5 Å². The van der Waals surface area contributed by atoms with Gasteiger partial charge in [0, 0.05) is 18.3 Å². The van der Waals surface area contributed by atoms with E-state index in [0.29, 0.717) is 29.0 Å². The minimum Gasteiger partial charge on any atom is -0.480 e. The van der Waals surface area contributed by atoms with Gasteiger partial charge in [0.05, 0.1) is 18.4 Å². The van der Waals surface area contributed by atoms with Crippen molar-refractivity contribution in [3.63, 3.8) is 0 Å². The third-order valence-corrected chi connectivity index (χ3v) is 3.87. The predicted octanol–water partition coefficient (Wildman–Crippen LogP) is 0.0350. The molecule has 0 spiro atoms. The molecule has 0 radical (unpaired) electrons. The van der Waals surface area contributed by atoms with E-state index in [1.54, 1.807) is 30.5 Å². The monoisotopic (exact) mass is 382 g/mol. The van der Waals surface area contributed by atoms with Gasteiger partial charge in [-0.2, -0.15) is 9.97 Å². The van der Waals surface area contributed by atoms with Gasteiger partial charge in [-0.1, -0.05) is 0 Å². The molecule has 28 heavy (non-hydrogen) atoms. The predicted molar refractivity (Wildman–Crippen MR) is 102 cm³/mol. The topological polar surface area (TPSA) is 173 Å². The van der Waals surface area contributed by atoms with Gasteiger partial charge in [-0.3, -0.25) is 9.59 Å². The maximum Gasteiger partial charge on any atom is 0.322 e. The molecule has 0 atom stereocenters. The molecule has 11 heteroatoms. The molecular formula is C17H18N8O3. The van der Waals surface area contributed by atoms with Crippen LogP contribution in [0.2, 0.25) is 0 Å². The van der Waals surface area contributed by atoms with E-state index in [-0.39, 0.29) is 11.8 Å². The Morgan fingerprint density at radius 3 is 2.54 bits per heavy atom. The zero-order valence-electron chi connectivity index (χ0n) is 15.0. The van der Waals surface area contributed by atoms with E-state index in [4.69, 9.17) is 16.6 Å². The third-order valence-electron chi connectivity index (χ3n) is 3.87. The van der Waals surface area contributed by atoms with Crippen LogP contribution in [-0.2, 0) is 11.3 Å². The quantitative estimate of drug-likeness (QED) is 0.455. The van der Waals surface area contributed by atoms with Crippen molar-refractivity contribution in [1.29, 1.82) is 0 Å². The third kappa shape index (κ3) is 4.20. The average molecular weight is 382 g/mol. The minimum atomic E-state index is -1.10. The Kier molecular flexibility index (Phi) is 5.16. The zero-order chi connectivity index (χ0) is 20.3. The number of fused-ring (bicyclic) bond motifs is 1. The number of rotatable bonds is 6. The molecule has 0 bridgehead atoms. The van der Waals surface area contributed by atoms with Gasteiger partial charge in [-0.15, -0.1) is 0 Å². The molecular weight excluding hydrogens is 364 g/mol. The lowest BCUT2D eigenvalue weighted by atomic mass is 10.2. The number of hydrogen-bond donors (Lipinski definition) is 4. The first-order chi connectivity index (χ1) is 13.3. The van der Waals surface area contributed by atoms with Gasteiger partial charge < -0.3 is 26.8 Å². The number of nitrogens with two attached hydrogens (primary N) is 2. The SMILES string of the molecule is CN(Cc1cnc2nc(N)nc(N)c2n1)c1ccc(C(=O)NCC(=O)O)cc1. The van der Waals surface area contributed by atoms with Crippen LogP contribution in [0.5, 0.6) is 0 Å². The first-order valence-electron chi connectivity index (χ1n) is 8.19. The summed E-state index contributed by atoms with van der Waals surface area (Å²) >= 11 is 0. The second-order valence-electron chi connectivity index (χ2n) is 5.98. The van der Waals surface area contributed by atoms with Crippen LogP contribution < -0.4 is 21.7 Å². The molecule has 2 heterocycles. The van der Waals surface area contributed by atoms with Crippen molar-refractivity contribution in [2.75, 3.05) is 30.0 Å². The van der Waals surface area contributed by atoms with E-state index in [9.17, 15) is 9.59 Å². The Bertz CT molecular complexity index is 1040. The molecule has 0 aliphatic rings. The lowest BCUT2D eigenvalue weighted by Crippen LogP contribution is -2.29. The van der Waals surface area contributed by atoms with Crippen LogP contribution in [0.4, 0.5) is 17.5 Å². The Morgan fingerprint density at radius 1 is 1.14 bits per heavy atom. The highest BCUT2D eigenvalue weighted by Gasteiger charge is 2.11. The van der Waals surface area contributed by atoms with E-state index in [0.717, 1.165) is 5.69 Å². The van der Waals surface area contributed by atoms with Crippen LogP contribution in [0.25, 0.3) is 11.2 Å². The number of carboxylic acids is 1. The fourth-order valence-electron chi connectivity index (χ4n) is 2.52. The van der Waals surface area contributed by atoms with Gasteiger partial charge in [0.2, 0.25) is 5.95 Å². The van der Waals surface area contributed by atoms with Crippen molar-refractivity contribution in [1.82, 2.24) is 25.3 Å². The molecule has 0 saturated carbocycles. The second kappa shape index (κ2) is 7.70. The fourth-order valence-corrected chi connectivity index (χ4v) is 2.52. The first-order valence-corrected chi connectivity index (χ1v) is 8.19. The molecule has 144 valence electrons. The van der Waals surface area contributed by atoms with Gasteiger partial charge in [0.15, 0.2) is 17.0 Å². The minimum absolute atomic E-state index is 0.0386. The van der Waals surface area contributed by atoms with Gasteiger partial charge in [0.25, 0.3) is 5.91 Å². The first kappa shape index (κ1) is 18.8. The van der Waals surface area contributed by atoms with Crippen molar-refractivity contribution in [2.45, 2.75) is 6.54 Å². The molecule has 6 N–H and O–H groups in total. The zero-order valence-corrected chi connectivity index (χ0v) is 15.0. The number of aromatic nitrogens is 4. The number of benzene rings is 1. The number of hydrogen-bond acceptors (Lipinski definition) is 9. The Hall–Kier alpha value is -4.02. The molecule has 11 nitrogen and oxygen atoms in total. The standard InChI is InChI=1S/C17H18N8O3/c1-25(11-4-2-9(3-5-11)16(28)21-7-12(26)27)8-10-6-20-15-13(22-10)14(18)23-17(19)24-15/h2-6H,7-8H2,1H3,(H,21,28)(H,26,27)(H4,18,19,20,23,24). The maximum absolute atomic E-state index is 11.9. The second-order valence-corrected chi connectivity index (χ2v) is 5.98. The van der Waals surface area contributed by atoms with E-state index in [1.165, 1.54) is 0 Å². The van der Waals surface area contributed by atoms with Gasteiger partial charge >= 0.3 is 5.97 Å². The average Bonchev–Trinajstić information content (AvgIpc) is 2.66. The number of nitrogen functional groups attached to an aromatic ring is 2. The lowest BCUT2D eigenvalue weighted by molar-refractivity contribution is -0.135. The number of anilines is 3. The maximum atomic E-state index is 11.9. The Balaban J connectivity index is 1.72. The normalized spacial score (nSPS) is 10.6. The number of nitrogens with zero attached hydrogens (tertiary/aromatic N) is 5. The number of carbonyl (C=O) groups is 2. The molecule has 0 aliphatic carbocycles. The molecule has 0 saturated heterocycles. The summed E-state index contributed by atoms with van der Waals surface area (Å²) in [4.78, 5) is 40.8.